The number of hydrogen-bond acceptors (Lipinski definition) is 3. The third-order valence-corrected chi connectivity index (χ3v) is 2.05. The lowest BCUT2D eigenvalue weighted by atomic mass is 10.1. The van der Waals surface area contributed by atoms with Gasteiger partial charge in [-0.1, -0.05) is 18.0 Å². The normalized spacial score (nSPS) is 11.3. The number of unbranched alkanes of at least 4 members (excludes halogenated alkanes) is 2. The van der Waals surface area contributed by atoms with Crippen LogP contribution in [0.25, 0.3) is 10.4 Å². The highest BCUT2D eigenvalue weighted by molar-refractivity contribution is 5.79. The molecule has 16 heavy (non-hydrogen) atoms. The highest BCUT2D eigenvalue weighted by Gasteiger charge is 2.11. The van der Waals surface area contributed by atoms with Gasteiger partial charge in [0, 0.05) is 18.4 Å². The molecule has 0 aromatic rings. The van der Waals surface area contributed by atoms with Gasteiger partial charge < -0.3 is 11.1 Å². The minimum absolute atomic E-state index is 0.0518. The molecule has 0 heterocycles. The summed E-state index contributed by atoms with van der Waals surface area (Å²) in [5, 5.41) is 5.97. The molecule has 7 heteroatoms. The summed E-state index contributed by atoms with van der Waals surface area (Å²) in [4.78, 5) is 23.9. The average Bonchev–Trinajstić information content (AvgIpc) is 2.20. The van der Waals surface area contributed by atoms with Crippen molar-refractivity contribution in [3.05, 3.63) is 10.4 Å². The lowest BCUT2D eigenvalue weighted by Crippen LogP contribution is -2.26. The second-order valence-corrected chi connectivity index (χ2v) is 3.46. The molecule has 0 rings (SSSR count). The van der Waals surface area contributed by atoms with E-state index in [-0.39, 0.29) is 5.91 Å². The summed E-state index contributed by atoms with van der Waals surface area (Å²) in [6.07, 6.45) is 2.89. The zero-order chi connectivity index (χ0) is 12.4. The van der Waals surface area contributed by atoms with Crippen LogP contribution < -0.4 is 11.1 Å². The van der Waals surface area contributed by atoms with Gasteiger partial charge in [0.15, 0.2) is 0 Å². The van der Waals surface area contributed by atoms with Crippen molar-refractivity contribution in [2.24, 2.45) is 10.8 Å². The summed E-state index contributed by atoms with van der Waals surface area (Å²) in [5.41, 5.74) is 13.2. The molecule has 0 spiro atoms. The fraction of sp³-hybridized carbons (Fsp3) is 0.778. The van der Waals surface area contributed by atoms with E-state index in [0.29, 0.717) is 13.0 Å². The zero-order valence-corrected chi connectivity index (χ0v) is 9.35. The molecule has 0 aromatic heterocycles. The van der Waals surface area contributed by atoms with Crippen LogP contribution in [-0.4, -0.2) is 24.4 Å². The second-order valence-electron chi connectivity index (χ2n) is 3.46. The lowest BCUT2D eigenvalue weighted by molar-refractivity contribution is -0.119. The van der Waals surface area contributed by atoms with E-state index < -0.39 is 11.9 Å². The van der Waals surface area contributed by atoms with Gasteiger partial charge in [0.1, 0.15) is 6.04 Å². The van der Waals surface area contributed by atoms with Crippen molar-refractivity contribution < 1.29 is 9.59 Å². The van der Waals surface area contributed by atoms with Crippen molar-refractivity contribution in [3.8, 4) is 0 Å². The molecule has 0 aliphatic rings. The molecule has 0 fully saturated rings. The van der Waals surface area contributed by atoms with E-state index in [4.69, 9.17) is 11.3 Å². The number of nitrogens with two attached hydrogens (primary N) is 1. The highest BCUT2D eigenvalue weighted by atomic mass is 16.1. The Bertz CT molecular complexity index is 284. The van der Waals surface area contributed by atoms with Crippen molar-refractivity contribution in [3.63, 3.8) is 0 Å². The monoisotopic (exact) mass is 227 g/mol. The maximum absolute atomic E-state index is 10.8. The Morgan fingerprint density at radius 2 is 2.12 bits per heavy atom. The van der Waals surface area contributed by atoms with Crippen molar-refractivity contribution in [2.75, 3.05) is 6.54 Å². The minimum atomic E-state index is -0.759. The Kier molecular flexibility index (Phi) is 7.61. The van der Waals surface area contributed by atoms with Crippen LogP contribution in [0.1, 0.15) is 32.6 Å². The largest absolute Gasteiger partial charge is 0.369 e. The topological polar surface area (TPSA) is 121 Å². The number of primary amides is 1. The van der Waals surface area contributed by atoms with E-state index in [0.717, 1.165) is 19.3 Å². The van der Waals surface area contributed by atoms with Gasteiger partial charge in [0.05, 0.1) is 0 Å². The van der Waals surface area contributed by atoms with Crippen molar-refractivity contribution >= 4 is 11.8 Å². The van der Waals surface area contributed by atoms with Crippen LogP contribution in [0.2, 0.25) is 0 Å². The number of nitrogens with zero attached hydrogens (tertiary/aromatic N) is 3. The summed E-state index contributed by atoms with van der Waals surface area (Å²) in [7, 11) is 0. The summed E-state index contributed by atoms with van der Waals surface area (Å²) < 4.78 is 0. The molecule has 0 aliphatic carbocycles. The Hall–Kier alpha value is -1.75. The first-order valence-corrected chi connectivity index (χ1v) is 5.16. The summed E-state index contributed by atoms with van der Waals surface area (Å²) in [5.74, 6) is -0.649. The van der Waals surface area contributed by atoms with E-state index in [1.54, 1.807) is 0 Å². The van der Waals surface area contributed by atoms with E-state index in [1.165, 1.54) is 6.92 Å². The quantitative estimate of drug-likeness (QED) is 0.276. The van der Waals surface area contributed by atoms with E-state index in [1.807, 2.05) is 0 Å². The fourth-order valence-corrected chi connectivity index (χ4v) is 1.22. The van der Waals surface area contributed by atoms with Gasteiger partial charge in [-0.05, 0) is 18.4 Å². The predicted molar refractivity (Wildman–Crippen MR) is 59.3 cm³/mol. The van der Waals surface area contributed by atoms with E-state index >= 15 is 0 Å². The zero-order valence-electron chi connectivity index (χ0n) is 9.35. The molecular weight excluding hydrogens is 210 g/mol. The van der Waals surface area contributed by atoms with Crippen molar-refractivity contribution in [1.29, 1.82) is 0 Å². The molecule has 0 saturated heterocycles. The predicted octanol–water partition coefficient (Wildman–Crippen LogP) is 0.847. The minimum Gasteiger partial charge on any atom is -0.369 e. The van der Waals surface area contributed by atoms with Gasteiger partial charge in [-0.25, -0.2) is 0 Å². The van der Waals surface area contributed by atoms with Crippen LogP contribution in [0.15, 0.2) is 5.11 Å². The molecule has 2 amide bonds. The fourth-order valence-electron chi connectivity index (χ4n) is 1.22. The first kappa shape index (κ1) is 14.2. The summed E-state index contributed by atoms with van der Waals surface area (Å²) >= 11 is 0. The van der Waals surface area contributed by atoms with Crippen LogP contribution in [0.4, 0.5) is 0 Å². The van der Waals surface area contributed by atoms with Gasteiger partial charge in [-0.2, -0.15) is 0 Å². The third-order valence-electron chi connectivity index (χ3n) is 2.05. The molecule has 0 aliphatic heterocycles. The Morgan fingerprint density at radius 1 is 1.44 bits per heavy atom. The number of carbonyl (C=O) groups is 2. The van der Waals surface area contributed by atoms with Crippen LogP contribution in [0, 0.1) is 0 Å². The third kappa shape index (κ3) is 7.64. The number of rotatable bonds is 8. The SMILES string of the molecule is CC(=O)NCCCCCC(N=[N+]=[N-])C(N)=O. The number of azide groups is 1. The van der Waals surface area contributed by atoms with Crippen LogP contribution >= 0.6 is 0 Å². The number of nitrogens with one attached hydrogen (secondary N) is 1. The Balaban J connectivity index is 3.59. The highest BCUT2D eigenvalue weighted by Crippen LogP contribution is 2.06. The molecule has 0 bridgehead atoms. The van der Waals surface area contributed by atoms with Crippen molar-refractivity contribution in [1.82, 2.24) is 5.32 Å². The van der Waals surface area contributed by atoms with E-state index in [2.05, 4.69) is 15.3 Å². The van der Waals surface area contributed by atoms with Gasteiger partial charge in [-0.3, -0.25) is 9.59 Å². The van der Waals surface area contributed by atoms with Crippen molar-refractivity contribution in [2.45, 2.75) is 38.6 Å². The first-order chi connectivity index (χ1) is 7.57. The number of carbonyl (C=O) groups excluding carboxylic acids is 2. The maximum atomic E-state index is 10.8. The van der Waals surface area contributed by atoms with Crippen LogP contribution in [0.3, 0.4) is 0 Å². The molecule has 7 nitrogen and oxygen atoms in total. The standard InChI is InChI=1S/C9H17N5O2/c1-7(15)12-6-4-2-3-5-8(9(10)16)13-14-11/h8H,2-6H2,1H3,(H2,10,16)(H,12,15). The average molecular weight is 227 g/mol. The summed E-state index contributed by atoms with van der Waals surface area (Å²) in [6.45, 7) is 2.09. The Morgan fingerprint density at radius 3 is 2.62 bits per heavy atom. The van der Waals surface area contributed by atoms with Gasteiger partial charge in [0.2, 0.25) is 11.8 Å². The maximum Gasteiger partial charge on any atom is 0.226 e. The smallest absolute Gasteiger partial charge is 0.226 e. The molecular formula is C9H17N5O2. The molecule has 1 atom stereocenters. The molecule has 90 valence electrons. The lowest BCUT2D eigenvalue weighted by Gasteiger charge is -2.06. The molecule has 0 saturated carbocycles. The molecule has 0 aromatic carbocycles. The van der Waals surface area contributed by atoms with Gasteiger partial charge >= 0.3 is 0 Å². The molecule has 3 N–H and O–H groups in total. The van der Waals surface area contributed by atoms with Crippen LogP contribution in [-0.2, 0) is 9.59 Å². The molecule has 0 radical (unpaired) electrons. The van der Waals surface area contributed by atoms with E-state index in [9.17, 15) is 9.59 Å². The second kappa shape index (κ2) is 8.55. The Labute approximate surface area is 94.0 Å². The van der Waals surface area contributed by atoms with Gasteiger partial charge in [-0.15, -0.1) is 0 Å². The molecule has 1 unspecified atom stereocenters. The summed E-state index contributed by atoms with van der Waals surface area (Å²) in [6, 6.07) is -0.759. The first-order valence-electron chi connectivity index (χ1n) is 5.16. The van der Waals surface area contributed by atoms with Crippen LogP contribution in [0.5, 0.6) is 0 Å². The number of amides is 2. The number of hydrogen-bond donors (Lipinski definition) is 2. The van der Waals surface area contributed by atoms with Gasteiger partial charge in [0.25, 0.3) is 0 Å².